The van der Waals surface area contributed by atoms with Crippen LogP contribution in [0.3, 0.4) is 0 Å². The van der Waals surface area contributed by atoms with Gasteiger partial charge in [0.05, 0.1) is 5.54 Å². The van der Waals surface area contributed by atoms with Gasteiger partial charge in [0.2, 0.25) is 0 Å². The minimum atomic E-state index is -0.638. The van der Waals surface area contributed by atoms with Crippen molar-refractivity contribution in [3.63, 3.8) is 0 Å². The summed E-state index contributed by atoms with van der Waals surface area (Å²) in [4.78, 5) is 17.2. The first-order chi connectivity index (χ1) is 14.6. The van der Waals surface area contributed by atoms with Crippen molar-refractivity contribution in [3.05, 3.63) is 114 Å². The summed E-state index contributed by atoms with van der Waals surface area (Å²) in [6.45, 7) is 2.04. The average Bonchev–Trinajstić information content (AvgIpc) is 3.33. The van der Waals surface area contributed by atoms with E-state index in [2.05, 4.69) is 20.5 Å². The Labute approximate surface area is 180 Å². The maximum atomic E-state index is 13.1. The van der Waals surface area contributed by atoms with Gasteiger partial charge in [0.1, 0.15) is 6.33 Å². The molecule has 0 aliphatic rings. The minimum Gasteiger partial charge on any atom is -0.339 e. The van der Waals surface area contributed by atoms with E-state index in [4.69, 9.17) is 0 Å². The first kappa shape index (κ1) is 19.9. The molecule has 0 bridgehead atoms. The van der Waals surface area contributed by atoms with E-state index in [0.717, 1.165) is 27.6 Å². The normalized spacial score (nSPS) is 11.2. The van der Waals surface area contributed by atoms with Gasteiger partial charge >= 0.3 is 0 Å². The number of aromatic nitrogens is 3. The number of H-pyrrole nitrogens is 1. The number of thioether (sulfide) groups is 1. The zero-order chi connectivity index (χ0) is 20.8. The zero-order valence-electron chi connectivity index (χ0n) is 16.6. The van der Waals surface area contributed by atoms with E-state index in [1.54, 1.807) is 11.8 Å². The highest BCUT2D eigenvalue weighted by Crippen LogP contribution is 2.29. The van der Waals surface area contributed by atoms with Gasteiger partial charge < -0.3 is 5.32 Å². The highest BCUT2D eigenvalue weighted by atomic mass is 32.2. The molecule has 4 aromatic rings. The van der Waals surface area contributed by atoms with Crippen LogP contribution in [0.1, 0.15) is 34.0 Å². The lowest BCUT2D eigenvalue weighted by molar-refractivity contribution is 0.0919. The smallest absolute Gasteiger partial charge is 0.252 e. The predicted octanol–water partition coefficient (Wildman–Crippen LogP) is 4.79. The zero-order valence-corrected chi connectivity index (χ0v) is 17.4. The largest absolute Gasteiger partial charge is 0.339 e. The Morgan fingerprint density at radius 2 is 1.53 bits per heavy atom. The Kier molecular flexibility index (Phi) is 5.95. The first-order valence-electron chi connectivity index (χ1n) is 9.66. The van der Waals surface area contributed by atoms with E-state index in [0.29, 0.717) is 5.56 Å². The third kappa shape index (κ3) is 4.44. The summed E-state index contributed by atoms with van der Waals surface area (Å²) in [6, 6.07) is 27.7. The Morgan fingerprint density at radius 1 is 0.933 bits per heavy atom. The molecule has 6 heteroatoms. The van der Waals surface area contributed by atoms with E-state index in [1.165, 1.54) is 6.33 Å². The molecule has 0 saturated carbocycles. The molecule has 1 aromatic heterocycles. The van der Waals surface area contributed by atoms with Gasteiger partial charge in [-0.1, -0.05) is 84.6 Å². The fourth-order valence-corrected chi connectivity index (χ4v) is 4.06. The summed E-state index contributed by atoms with van der Waals surface area (Å²) in [7, 11) is 0. The Hall–Kier alpha value is -3.38. The molecule has 0 fully saturated rings. The van der Waals surface area contributed by atoms with Gasteiger partial charge in [-0.05, 0) is 35.7 Å². The molecular weight excluding hydrogens is 392 g/mol. The number of benzene rings is 3. The molecular formula is C24H22N4OS. The Morgan fingerprint density at radius 3 is 2.07 bits per heavy atom. The maximum absolute atomic E-state index is 13.1. The van der Waals surface area contributed by atoms with Crippen LogP contribution in [0, 0.1) is 0 Å². The van der Waals surface area contributed by atoms with Crippen LogP contribution in [0.2, 0.25) is 0 Å². The highest BCUT2D eigenvalue weighted by Gasteiger charge is 2.30. The van der Waals surface area contributed by atoms with Crippen molar-refractivity contribution in [1.82, 2.24) is 20.5 Å². The van der Waals surface area contributed by atoms with Crippen molar-refractivity contribution >= 4 is 17.7 Å². The second-order valence-corrected chi connectivity index (χ2v) is 8.05. The molecule has 0 aliphatic heterocycles. The summed E-state index contributed by atoms with van der Waals surface area (Å²) in [5.41, 5.74) is 3.16. The molecule has 0 atom stereocenters. The number of aromatic amines is 1. The van der Waals surface area contributed by atoms with Gasteiger partial charge in [-0.25, -0.2) is 4.98 Å². The van der Waals surface area contributed by atoms with Crippen molar-refractivity contribution in [2.24, 2.45) is 0 Å². The van der Waals surface area contributed by atoms with Gasteiger partial charge in [0, 0.05) is 11.3 Å². The molecule has 150 valence electrons. The highest BCUT2D eigenvalue weighted by molar-refractivity contribution is 7.98. The summed E-state index contributed by atoms with van der Waals surface area (Å²) < 4.78 is 0. The second kappa shape index (κ2) is 8.97. The maximum Gasteiger partial charge on any atom is 0.252 e. The summed E-state index contributed by atoms with van der Waals surface area (Å²) >= 11 is 1.57. The average molecular weight is 415 g/mol. The first-order valence-corrected chi connectivity index (χ1v) is 10.6. The number of hydrogen-bond donors (Lipinski definition) is 2. The van der Waals surface area contributed by atoms with Gasteiger partial charge in [-0.3, -0.25) is 9.89 Å². The van der Waals surface area contributed by atoms with Crippen molar-refractivity contribution in [2.75, 3.05) is 0 Å². The van der Waals surface area contributed by atoms with Crippen molar-refractivity contribution in [2.45, 2.75) is 23.4 Å². The quantitative estimate of drug-likeness (QED) is 0.427. The van der Waals surface area contributed by atoms with Gasteiger partial charge in [-0.2, -0.15) is 5.10 Å². The molecule has 30 heavy (non-hydrogen) atoms. The Balaban J connectivity index is 1.53. The van der Waals surface area contributed by atoms with Crippen molar-refractivity contribution in [1.29, 1.82) is 0 Å². The third-order valence-corrected chi connectivity index (χ3v) is 6.00. The standard InChI is InChI=1S/C24H22N4OS/c1-24(20-8-4-2-5-9-20,21-10-6-3-7-11-21)27-22(29)19-14-12-18(13-15-19)16-30-23-25-17-26-28-23/h2-15,17H,16H2,1H3,(H,27,29)(H,25,26,28). The molecule has 0 spiro atoms. The SMILES string of the molecule is CC(NC(=O)c1ccc(CSc2ncn[nH]2)cc1)(c1ccccc1)c1ccccc1. The monoisotopic (exact) mass is 414 g/mol. The fraction of sp³-hybridized carbons (Fsp3) is 0.125. The summed E-state index contributed by atoms with van der Waals surface area (Å²) in [5, 5.41) is 10.7. The lowest BCUT2D eigenvalue weighted by Gasteiger charge is -2.32. The molecule has 3 aromatic carbocycles. The van der Waals surface area contributed by atoms with E-state index < -0.39 is 5.54 Å². The van der Waals surface area contributed by atoms with E-state index in [9.17, 15) is 4.79 Å². The molecule has 0 saturated heterocycles. The Bertz CT molecular complexity index is 1040. The summed E-state index contributed by atoms with van der Waals surface area (Å²) in [6.07, 6.45) is 1.49. The van der Waals surface area contributed by atoms with Crippen LogP contribution >= 0.6 is 11.8 Å². The van der Waals surface area contributed by atoms with Crippen LogP contribution in [0.15, 0.2) is 96.4 Å². The van der Waals surface area contributed by atoms with Crippen LogP contribution in [-0.2, 0) is 11.3 Å². The van der Waals surface area contributed by atoms with Crippen molar-refractivity contribution in [3.8, 4) is 0 Å². The van der Waals surface area contributed by atoms with E-state index in [-0.39, 0.29) is 5.91 Å². The minimum absolute atomic E-state index is 0.111. The lowest BCUT2D eigenvalue weighted by atomic mass is 9.84. The molecule has 4 rings (SSSR count). The number of hydrogen-bond acceptors (Lipinski definition) is 4. The third-order valence-electron chi connectivity index (χ3n) is 5.05. The van der Waals surface area contributed by atoms with Gasteiger partial charge in [-0.15, -0.1) is 0 Å². The lowest BCUT2D eigenvalue weighted by Crippen LogP contribution is -2.44. The van der Waals surface area contributed by atoms with Crippen LogP contribution < -0.4 is 5.32 Å². The molecule has 1 heterocycles. The van der Waals surface area contributed by atoms with Crippen LogP contribution in [0.5, 0.6) is 0 Å². The number of carbonyl (C=O) groups excluding carboxylic acids is 1. The predicted molar refractivity (Wildman–Crippen MR) is 119 cm³/mol. The fourth-order valence-electron chi connectivity index (χ4n) is 3.32. The van der Waals surface area contributed by atoms with Crippen LogP contribution in [0.4, 0.5) is 0 Å². The number of nitrogens with zero attached hydrogens (tertiary/aromatic N) is 2. The molecule has 0 unspecified atom stereocenters. The number of nitrogens with one attached hydrogen (secondary N) is 2. The topological polar surface area (TPSA) is 70.7 Å². The molecule has 5 nitrogen and oxygen atoms in total. The molecule has 2 N–H and O–H groups in total. The molecule has 0 radical (unpaired) electrons. The molecule has 0 aliphatic carbocycles. The molecule has 1 amide bonds. The van der Waals surface area contributed by atoms with Gasteiger partial charge in [0.25, 0.3) is 5.91 Å². The van der Waals surface area contributed by atoms with E-state index >= 15 is 0 Å². The number of carbonyl (C=O) groups is 1. The van der Waals surface area contributed by atoms with E-state index in [1.807, 2.05) is 91.9 Å². The second-order valence-electron chi connectivity index (χ2n) is 7.09. The number of amides is 1. The number of rotatable bonds is 7. The van der Waals surface area contributed by atoms with Crippen molar-refractivity contribution < 1.29 is 4.79 Å². The van der Waals surface area contributed by atoms with Crippen LogP contribution in [-0.4, -0.2) is 21.1 Å². The summed E-state index contributed by atoms with van der Waals surface area (Å²) in [5.74, 6) is 0.641. The van der Waals surface area contributed by atoms with Crippen LogP contribution in [0.25, 0.3) is 0 Å². The van der Waals surface area contributed by atoms with Gasteiger partial charge in [0.15, 0.2) is 5.16 Å².